The number of carboxylic acids is 1. The first-order valence-corrected chi connectivity index (χ1v) is 5.62. The number of hydrogen-bond donors (Lipinski definition) is 2. The van der Waals surface area contributed by atoms with E-state index in [1.807, 2.05) is 13.8 Å². The molecular formula is C11H23NO4. The summed E-state index contributed by atoms with van der Waals surface area (Å²) in [4.78, 5) is 10.8. The Kier molecular flexibility index (Phi) is 9.18. The molecule has 0 heterocycles. The molecule has 0 aromatic rings. The maximum atomic E-state index is 10.8. The molecule has 0 radical (unpaired) electrons. The van der Waals surface area contributed by atoms with E-state index in [9.17, 15) is 4.79 Å². The molecule has 0 rings (SSSR count). The Bertz CT molecular complexity index is 185. The van der Waals surface area contributed by atoms with Gasteiger partial charge in [-0.3, -0.25) is 4.79 Å². The molecular weight excluding hydrogens is 210 g/mol. The van der Waals surface area contributed by atoms with E-state index in [0.29, 0.717) is 26.4 Å². The number of rotatable bonds is 10. The summed E-state index contributed by atoms with van der Waals surface area (Å²) in [5.41, 5.74) is 0. The minimum absolute atomic E-state index is 0.0750. The molecule has 0 aromatic heterocycles. The fourth-order valence-corrected chi connectivity index (χ4v) is 1.30. The highest BCUT2D eigenvalue weighted by Crippen LogP contribution is 2.00. The third-order valence-corrected chi connectivity index (χ3v) is 2.18. The van der Waals surface area contributed by atoms with Crippen LogP contribution in [0.15, 0.2) is 0 Å². The van der Waals surface area contributed by atoms with Crippen LogP contribution >= 0.6 is 0 Å². The van der Waals surface area contributed by atoms with Crippen LogP contribution in [0.25, 0.3) is 0 Å². The van der Waals surface area contributed by atoms with Gasteiger partial charge in [0, 0.05) is 26.9 Å². The highest BCUT2D eigenvalue weighted by atomic mass is 16.5. The predicted octanol–water partition coefficient (Wildman–Crippen LogP) is 0.738. The molecule has 0 bridgehead atoms. The van der Waals surface area contributed by atoms with Crippen LogP contribution < -0.4 is 5.32 Å². The van der Waals surface area contributed by atoms with E-state index in [1.54, 1.807) is 7.11 Å². The van der Waals surface area contributed by atoms with Crippen molar-refractivity contribution in [2.75, 3.05) is 33.5 Å². The second-order valence-corrected chi connectivity index (χ2v) is 3.97. The first-order valence-electron chi connectivity index (χ1n) is 5.62. The minimum atomic E-state index is -0.811. The second kappa shape index (κ2) is 9.57. The van der Waals surface area contributed by atoms with Gasteiger partial charge in [-0.1, -0.05) is 13.8 Å². The number of nitrogens with one attached hydrogen (secondary N) is 1. The zero-order valence-electron chi connectivity index (χ0n) is 10.4. The zero-order valence-corrected chi connectivity index (χ0v) is 10.4. The van der Waals surface area contributed by atoms with Crippen molar-refractivity contribution in [3.05, 3.63) is 0 Å². The van der Waals surface area contributed by atoms with Crippen LogP contribution in [0, 0.1) is 5.92 Å². The van der Waals surface area contributed by atoms with Gasteiger partial charge in [-0.2, -0.15) is 0 Å². The van der Waals surface area contributed by atoms with E-state index >= 15 is 0 Å². The van der Waals surface area contributed by atoms with Crippen molar-refractivity contribution in [3.63, 3.8) is 0 Å². The van der Waals surface area contributed by atoms with Crippen LogP contribution in [0.2, 0.25) is 0 Å². The molecule has 0 aromatic carbocycles. The lowest BCUT2D eigenvalue weighted by atomic mass is 10.1. The van der Waals surface area contributed by atoms with Gasteiger partial charge in [0.15, 0.2) is 0 Å². The average Bonchev–Trinajstić information content (AvgIpc) is 2.21. The van der Waals surface area contributed by atoms with Gasteiger partial charge < -0.3 is 19.9 Å². The van der Waals surface area contributed by atoms with Crippen LogP contribution in [0.1, 0.15) is 20.3 Å². The summed E-state index contributed by atoms with van der Waals surface area (Å²) >= 11 is 0. The monoisotopic (exact) mass is 233 g/mol. The highest BCUT2D eigenvalue weighted by molar-refractivity contribution is 5.73. The summed E-state index contributed by atoms with van der Waals surface area (Å²) < 4.78 is 10.2. The van der Waals surface area contributed by atoms with Crippen LogP contribution in [-0.4, -0.2) is 50.6 Å². The van der Waals surface area contributed by atoms with Crippen molar-refractivity contribution in [3.8, 4) is 0 Å². The van der Waals surface area contributed by atoms with Crippen LogP contribution in [0.5, 0.6) is 0 Å². The van der Waals surface area contributed by atoms with Gasteiger partial charge in [-0.15, -0.1) is 0 Å². The van der Waals surface area contributed by atoms with Gasteiger partial charge >= 0.3 is 5.97 Å². The topological polar surface area (TPSA) is 67.8 Å². The van der Waals surface area contributed by atoms with Crippen molar-refractivity contribution < 1.29 is 19.4 Å². The normalized spacial score (nSPS) is 13.0. The van der Waals surface area contributed by atoms with Crippen molar-refractivity contribution >= 4 is 5.97 Å². The van der Waals surface area contributed by atoms with E-state index in [4.69, 9.17) is 14.6 Å². The molecule has 0 aliphatic rings. The first kappa shape index (κ1) is 15.3. The van der Waals surface area contributed by atoms with Crippen molar-refractivity contribution in [2.45, 2.75) is 26.3 Å². The third-order valence-electron chi connectivity index (χ3n) is 2.18. The lowest BCUT2D eigenvalue weighted by Gasteiger charge is -2.17. The average molecular weight is 233 g/mol. The molecule has 96 valence electrons. The molecule has 1 atom stereocenters. The van der Waals surface area contributed by atoms with Crippen molar-refractivity contribution in [1.29, 1.82) is 0 Å². The van der Waals surface area contributed by atoms with Crippen LogP contribution in [0.4, 0.5) is 0 Å². The Morgan fingerprint density at radius 3 is 2.50 bits per heavy atom. The summed E-state index contributed by atoms with van der Waals surface area (Å²) in [7, 11) is 1.65. The smallest absolute Gasteiger partial charge is 0.320 e. The first-order chi connectivity index (χ1) is 7.59. The number of ether oxygens (including phenoxy) is 2. The molecule has 5 heteroatoms. The Morgan fingerprint density at radius 1 is 1.31 bits per heavy atom. The second-order valence-electron chi connectivity index (χ2n) is 3.97. The van der Waals surface area contributed by atoms with Gasteiger partial charge in [-0.05, 0) is 12.3 Å². The van der Waals surface area contributed by atoms with Gasteiger partial charge in [-0.25, -0.2) is 0 Å². The van der Waals surface area contributed by atoms with Crippen molar-refractivity contribution in [1.82, 2.24) is 5.32 Å². The van der Waals surface area contributed by atoms with Crippen LogP contribution in [-0.2, 0) is 14.3 Å². The molecule has 0 amide bonds. The molecule has 0 aliphatic heterocycles. The number of methoxy groups -OCH3 is 1. The van der Waals surface area contributed by atoms with Crippen molar-refractivity contribution in [2.24, 2.45) is 5.92 Å². The highest BCUT2D eigenvalue weighted by Gasteiger charge is 2.19. The number of hydrogen-bond acceptors (Lipinski definition) is 4. The molecule has 5 nitrogen and oxygen atoms in total. The molecule has 1 unspecified atom stereocenters. The predicted molar refractivity (Wildman–Crippen MR) is 61.6 cm³/mol. The Hall–Kier alpha value is -0.650. The molecule has 0 saturated carbocycles. The maximum Gasteiger partial charge on any atom is 0.320 e. The largest absolute Gasteiger partial charge is 0.480 e. The van der Waals surface area contributed by atoms with Gasteiger partial charge in [0.05, 0.1) is 6.61 Å². The number of carboxylic acid groups (broad SMARTS) is 1. The standard InChI is InChI=1S/C11H23NO4/c1-9(2)10(11(13)14)12-5-8-16-7-4-6-15-3/h9-10,12H,4-8H2,1-3H3,(H,13,14). The molecule has 0 saturated heterocycles. The van der Waals surface area contributed by atoms with Gasteiger partial charge in [0.2, 0.25) is 0 Å². The van der Waals surface area contributed by atoms with E-state index in [1.165, 1.54) is 0 Å². The van der Waals surface area contributed by atoms with Crippen LogP contribution in [0.3, 0.4) is 0 Å². The van der Waals surface area contributed by atoms with E-state index < -0.39 is 12.0 Å². The maximum absolute atomic E-state index is 10.8. The van der Waals surface area contributed by atoms with E-state index in [0.717, 1.165) is 6.42 Å². The summed E-state index contributed by atoms with van der Waals surface area (Å²) in [6.45, 7) is 6.19. The lowest BCUT2D eigenvalue weighted by Crippen LogP contribution is -2.42. The molecule has 0 spiro atoms. The van der Waals surface area contributed by atoms with Gasteiger partial charge in [0.1, 0.15) is 6.04 Å². The molecule has 2 N–H and O–H groups in total. The Labute approximate surface area is 97.1 Å². The summed E-state index contributed by atoms with van der Waals surface area (Å²) in [5, 5.41) is 11.9. The summed E-state index contributed by atoms with van der Waals surface area (Å²) in [5.74, 6) is -0.736. The molecule has 0 aliphatic carbocycles. The zero-order chi connectivity index (χ0) is 12.4. The fraction of sp³-hybridized carbons (Fsp3) is 0.909. The SMILES string of the molecule is COCCCOCCNC(C(=O)O)C(C)C. The van der Waals surface area contributed by atoms with E-state index in [2.05, 4.69) is 5.32 Å². The van der Waals surface area contributed by atoms with E-state index in [-0.39, 0.29) is 5.92 Å². The third kappa shape index (κ3) is 7.62. The number of aliphatic carboxylic acids is 1. The molecule has 16 heavy (non-hydrogen) atoms. The molecule has 0 fully saturated rings. The summed E-state index contributed by atoms with van der Waals surface area (Å²) in [6, 6.07) is -0.498. The lowest BCUT2D eigenvalue weighted by molar-refractivity contribution is -0.140. The Balaban J connectivity index is 3.45. The summed E-state index contributed by atoms with van der Waals surface area (Å²) in [6.07, 6.45) is 0.864. The quantitative estimate of drug-likeness (QED) is 0.545. The van der Waals surface area contributed by atoms with Gasteiger partial charge in [0.25, 0.3) is 0 Å². The number of carbonyl (C=O) groups is 1. The minimum Gasteiger partial charge on any atom is -0.480 e. The Morgan fingerprint density at radius 2 is 2.00 bits per heavy atom. The fourth-order valence-electron chi connectivity index (χ4n) is 1.30.